The molecule has 0 aliphatic carbocycles. The Kier molecular flexibility index (Phi) is 3.72. The highest BCUT2D eigenvalue weighted by Crippen LogP contribution is 2.34. The Bertz CT molecular complexity index is 448. The summed E-state index contributed by atoms with van der Waals surface area (Å²) < 4.78 is 11.2. The van der Waals surface area contributed by atoms with Crippen LogP contribution in [0.4, 0.5) is 0 Å². The maximum absolute atomic E-state index is 12.2. The zero-order valence-electron chi connectivity index (χ0n) is 10.7. The van der Waals surface area contributed by atoms with E-state index in [0.717, 1.165) is 0 Å². The quantitative estimate of drug-likeness (QED) is 0.864. The monoisotopic (exact) mass is 250 g/mol. The largest absolute Gasteiger partial charge is 0.488 e. The summed E-state index contributed by atoms with van der Waals surface area (Å²) in [6.07, 6.45) is 0. The molecule has 1 aromatic rings. The van der Waals surface area contributed by atoms with Crippen LogP contribution in [0, 0.1) is 0 Å². The van der Waals surface area contributed by atoms with Gasteiger partial charge in [-0.1, -0.05) is 6.07 Å². The number of nitrogens with zero attached hydrogens (tertiary/aromatic N) is 1. The van der Waals surface area contributed by atoms with E-state index < -0.39 is 0 Å². The first kappa shape index (κ1) is 12.7. The van der Waals surface area contributed by atoms with Crippen LogP contribution >= 0.6 is 0 Å². The van der Waals surface area contributed by atoms with E-state index in [-0.39, 0.29) is 11.9 Å². The van der Waals surface area contributed by atoms with Gasteiger partial charge in [0.25, 0.3) is 5.91 Å². The lowest BCUT2D eigenvalue weighted by molar-refractivity contribution is 0.0732. The van der Waals surface area contributed by atoms with Crippen LogP contribution in [0.25, 0.3) is 0 Å². The van der Waals surface area contributed by atoms with E-state index in [2.05, 4.69) is 0 Å². The van der Waals surface area contributed by atoms with Crippen LogP contribution in [-0.2, 0) is 0 Å². The summed E-state index contributed by atoms with van der Waals surface area (Å²) in [6, 6.07) is 5.36. The van der Waals surface area contributed by atoms with Gasteiger partial charge in [0.2, 0.25) is 0 Å². The van der Waals surface area contributed by atoms with Crippen molar-refractivity contribution >= 4 is 5.91 Å². The number of nitrogens with two attached hydrogens (primary N) is 1. The summed E-state index contributed by atoms with van der Waals surface area (Å²) in [5.41, 5.74) is 5.95. The van der Waals surface area contributed by atoms with Gasteiger partial charge in [-0.25, -0.2) is 0 Å². The van der Waals surface area contributed by atoms with E-state index >= 15 is 0 Å². The van der Waals surface area contributed by atoms with Gasteiger partial charge in [0, 0.05) is 13.6 Å². The van der Waals surface area contributed by atoms with Crippen LogP contribution < -0.4 is 15.2 Å². The number of carbonyl (C=O) groups excluding carboxylic acids is 1. The number of hydrogen-bond donors (Lipinski definition) is 1. The Balaban J connectivity index is 2.38. The molecule has 18 heavy (non-hydrogen) atoms. The van der Waals surface area contributed by atoms with Crippen molar-refractivity contribution in [2.24, 2.45) is 5.73 Å². The minimum atomic E-state index is -0.0480. The average molecular weight is 250 g/mol. The van der Waals surface area contributed by atoms with Gasteiger partial charge in [-0.3, -0.25) is 4.79 Å². The van der Waals surface area contributed by atoms with E-state index in [1.165, 1.54) is 0 Å². The Labute approximate surface area is 106 Å². The van der Waals surface area contributed by atoms with Crippen LogP contribution in [-0.4, -0.2) is 43.7 Å². The molecule has 5 heteroatoms. The Morgan fingerprint density at radius 1 is 1.56 bits per heavy atom. The first-order chi connectivity index (χ1) is 8.65. The molecule has 0 spiro atoms. The molecule has 2 rings (SSSR count). The number of amides is 1. The van der Waals surface area contributed by atoms with Crippen LogP contribution in [0.2, 0.25) is 0 Å². The minimum Gasteiger partial charge on any atom is -0.488 e. The van der Waals surface area contributed by atoms with Crippen molar-refractivity contribution in [3.63, 3.8) is 0 Å². The van der Waals surface area contributed by atoms with Gasteiger partial charge in [0.05, 0.1) is 11.6 Å². The normalized spacial score (nSPS) is 18.9. The van der Waals surface area contributed by atoms with Crippen LogP contribution in [0.1, 0.15) is 17.3 Å². The molecule has 1 heterocycles. The molecule has 0 bridgehead atoms. The van der Waals surface area contributed by atoms with Gasteiger partial charge in [0.15, 0.2) is 11.5 Å². The number of rotatable bonds is 3. The van der Waals surface area contributed by atoms with E-state index in [9.17, 15) is 4.79 Å². The third-order valence-corrected chi connectivity index (χ3v) is 3.04. The predicted molar refractivity (Wildman–Crippen MR) is 68.0 cm³/mol. The molecule has 1 aliphatic rings. The fraction of sp³-hybridized carbons (Fsp3) is 0.462. The molecule has 1 aromatic carbocycles. The molecule has 2 N–H and O–H groups in total. The highest BCUT2D eigenvalue weighted by Gasteiger charge is 2.27. The molecule has 0 radical (unpaired) electrons. The minimum absolute atomic E-state index is 0.0345. The van der Waals surface area contributed by atoms with Crippen molar-refractivity contribution in [3.05, 3.63) is 23.8 Å². The van der Waals surface area contributed by atoms with Crippen molar-refractivity contribution in [1.29, 1.82) is 0 Å². The Morgan fingerprint density at radius 3 is 3.06 bits per heavy atom. The molecule has 5 nitrogen and oxygen atoms in total. The summed E-state index contributed by atoms with van der Waals surface area (Å²) in [6.45, 7) is 3.23. The number of likely N-dealkylation sites (N-methyl/N-ethyl adjacent to an activating group) is 1. The van der Waals surface area contributed by atoms with Gasteiger partial charge in [-0.05, 0) is 19.1 Å². The smallest absolute Gasteiger partial charge is 0.257 e. The van der Waals surface area contributed by atoms with Gasteiger partial charge in [0.1, 0.15) is 13.2 Å². The fourth-order valence-corrected chi connectivity index (χ4v) is 1.82. The third kappa shape index (κ3) is 2.26. The molecule has 1 aliphatic heterocycles. The zero-order valence-corrected chi connectivity index (χ0v) is 10.7. The topological polar surface area (TPSA) is 64.8 Å². The molecule has 1 unspecified atom stereocenters. The predicted octanol–water partition coefficient (Wildman–Crippen LogP) is 0.877. The number of ether oxygens (including phenoxy) is 2. The zero-order chi connectivity index (χ0) is 13.1. The second-order valence-electron chi connectivity index (χ2n) is 4.35. The fourth-order valence-electron chi connectivity index (χ4n) is 1.82. The van der Waals surface area contributed by atoms with Crippen molar-refractivity contribution in [2.75, 3.05) is 26.8 Å². The maximum Gasteiger partial charge on any atom is 0.257 e. The third-order valence-electron chi connectivity index (χ3n) is 3.04. The Hall–Kier alpha value is -1.75. The lowest BCUT2D eigenvalue weighted by Gasteiger charge is -2.20. The highest BCUT2D eigenvalue weighted by molar-refractivity contribution is 5.98. The summed E-state index contributed by atoms with van der Waals surface area (Å²) >= 11 is 0. The number of carbonyl (C=O) groups is 1. The SMILES string of the molecule is CC1COc2c(OCCN)cccc2C(=O)N1C. The van der Waals surface area contributed by atoms with Crippen LogP contribution in [0.5, 0.6) is 11.5 Å². The number of hydrogen-bond acceptors (Lipinski definition) is 4. The van der Waals surface area contributed by atoms with Gasteiger partial charge < -0.3 is 20.1 Å². The second kappa shape index (κ2) is 5.27. The van der Waals surface area contributed by atoms with Crippen LogP contribution in [0.15, 0.2) is 18.2 Å². The number of para-hydroxylation sites is 1. The van der Waals surface area contributed by atoms with E-state index in [0.29, 0.717) is 36.8 Å². The summed E-state index contributed by atoms with van der Waals surface area (Å²) in [7, 11) is 1.78. The Morgan fingerprint density at radius 2 is 2.33 bits per heavy atom. The molecular formula is C13H18N2O3. The van der Waals surface area contributed by atoms with Crippen LogP contribution in [0.3, 0.4) is 0 Å². The van der Waals surface area contributed by atoms with Gasteiger partial charge in [-0.2, -0.15) is 0 Å². The summed E-state index contributed by atoms with van der Waals surface area (Å²) in [5.74, 6) is 1.05. The van der Waals surface area contributed by atoms with E-state index in [1.807, 2.05) is 6.92 Å². The molecule has 0 aromatic heterocycles. The summed E-state index contributed by atoms with van der Waals surface area (Å²) in [5, 5.41) is 0. The number of fused-ring (bicyclic) bond motifs is 1. The van der Waals surface area contributed by atoms with Crippen molar-refractivity contribution in [3.8, 4) is 11.5 Å². The first-order valence-corrected chi connectivity index (χ1v) is 6.01. The molecule has 0 saturated heterocycles. The lowest BCUT2D eigenvalue weighted by Crippen LogP contribution is -2.36. The molecule has 98 valence electrons. The van der Waals surface area contributed by atoms with Crippen molar-refractivity contribution in [2.45, 2.75) is 13.0 Å². The summed E-state index contributed by atoms with van der Waals surface area (Å²) in [4.78, 5) is 13.9. The maximum atomic E-state index is 12.2. The number of benzene rings is 1. The lowest BCUT2D eigenvalue weighted by atomic mass is 10.1. The molecule has 1 atom stereocenters. The molecule has 1 amide bonds. The van der Waals surface area contributed by atoms with Crippen molar-refractivity contribution in [1.82, 2.24) is 4.90 Å². The van der Waals surface area contributed by atoms with Crippen molar-refractivity contribution < 1.29 is 14.3 Å². The highest BCUT2D eigenvalue weighted by atomic mass is 16.5. The molecule has 0 saturated carbocycles. The average Bonchev–Trinajstić information content (AvgIpc) is 2.50. The van der Waals surface area contributed by atoms with Gasteiger partial charge >= 0.3 is 0 Å². The molecular weight excluding hydrogens is 232 g/mol. The second-order valence-corrected chi connectivity index (χ2v) is 4.35. The van der Waals surface area contributed by atoms with E-state index in [4.69, 9.17) is 15.2 Å². The molecule has 0 fully saturated rings. The van der Waals surface area contributed by atoms with Gasteiger partial charge in [-0.15, -0.1) is 0 Å². The standard InChI is InChI=1S/C13H18N2O3/c1-9-8-18-12-10(13(16)15(9)2)4-3-5-11(12)17-7-6-14/h3-5,9H,6-8,14H2,1-2H3. The van der Waals surface area contributed by atoms with E-state index in [1.54, 1.807) is 30.1 Å². The first-order valence-electron chi connectivity index (χ1n) is 6.01.